The first kappa shape index (κ1) is 32.6. The molecule has 0 aromatic heterocycles. The minimum atomic E-state index is -1.43. The average molecular weight is 612 g/mol. The predicted octanol–water partition coefficient (Wildman–Crippen LogP) is 1.24. The van der Waals surface area contributed by atoms with Crippen molar-refractivity contribution in [3.63, 3.8) is 0 Å². The molecule has 3 aromatic carbocycles. The second-order valence-corrected chi connectivity index (χ2v) is 11.0. The Morgan fingerprint density at radius 2 is 1.14 bits per heavy atom. The molecular weight excluding hydrogens is 570 g/mol. The summed E-state index contributed by atoms with van der Waals surface area (Å²) in [5.74, 6) is 0. The molecule has 10 atom stereocenters. The van der Waals surface area contributed by atoms with E-state index < -0.39 is 68.0 Å². The Hall–Kier alpha value is -2.78. The molecule has 5 rings (SSSR count). The van der Waals surface area contributed by atoms with Gasteiger partial charge in [-0.05, 0) is 16.7 Å². The maximum atomic E-state index is 11.2. The molecule has 0 spiro atoms. The fraction of sp³-hybridized carbons (Fsp3) is 0.455. The number of benzene rings is 3. The van der Waals surface area contributed by atoms with Crippen LogP contribution in [0.5, 0.6) is 0 Å². The summed E-state index contributed by atoms with van der Waals surface area (Å²) in [5.41, 5.74) is 8.95. The smallest absolute Gasteiger partial charge is 0.184 e. The first-order chi connectivity index (χ1) is 21.4. The van der Waals surface area contributed by atoms with Gasteiger partial charge in [0.25, 0.3) is 0 Å². The lowest BCUT2D eigenvalue weighted by molar-refractivity contribution is -0.351. The quantitative estimate of drug-likeness (QED) is 0.189. The van der Waals surface area contributed by atoms with Crippen molar-refractivity contribution in [3.8, 4) is 0 Å². The van der Waals surface area contributed by atoms with E-state index >= 15 is 0 Å². The fourth-order valence-electron chi connectivity index (χ4n) is 5.34. The van der Waals surface area contributed by atoms with Crippen LogP contribution in [0.4, 0.5) is 0 Å². The minimum Gasteiger partial charge on any atom is -0.394 e. The van der Waals surface area contributed by atoms with Crippen LogP contribution in [-0.4, -0.2) is 95.0 Å². The van der Waals surface area contributed by atoms with Gasteiger partial charge in [-0.25, -0.2) is 0 Å². The van der Waals surface area contributed by atoms with Gasteiger partial charge in [0.15, 0.2) is 12.6 Å². The van der Waals surface area contributed by atoms with Gasteiger partial charge in [0, 0.05) is 0 Å². The van der Waals surface area contributed by atoms with E-state index in [-0.39, 0.29) is 26.4 Å². The maximum Gasteiger partial charge on any atom is 0.184 e. The van der Waals surface area contributed by atoms with Crippen molar-refractivity contribution < 1.29 is 48.8 Å². The molecule has 2 saturated heterocycles. The van der Waals surface area contributed by atoms with E-state index in [9.17, 15) is 20.4 Å². The van der Waals surface area contributed by atoms with Crippen molar-refractivity contribution in [2.24, 2.45) is 5.73 Å². The van der Waals surface area contributed by atoms with Crippen LogP contribution in [0.1, 0.15) is 16.7 Å². The lowest BCUT2D eigenvalue weighted by Crippen LogP contribution is -2.66. The summed E-state index contributed by atoms with van der Waals surface area (Å²) < 4.78 is 36.9. The molecule has 44 heavy (non-hydrogen) atoms. The van der Waals surface area contributed by atoms with Gasteiger partial charge in [-0.3, -0.25) is 0 Å². The Kier molecular flexibility index (Phi) is 11.8. The third-order valence-corrected chi connectivity index (χ3v) is 7.79. The zero-order valence-corrected chi connectivity index (χ0v) is 24.3. The number of aliphatic hydroxyl groups is 4. The lowest BCUT2D eigenvalue weighted by Gasteiger charge is -2.47. The monoisotopic (exact) mass is 611 g/mol. The topological polar surface area (TPSA) is 162 Å². The molecule has 6 N–H and O–H groups in total. The van der Waals surface area contributed by atoms with Crippen molar-refractivity contribution in [1.82, 2.24) is 0 Å². The standard InChI is InChI=1S/C33H41NO10/c34-26-28(37)27(36)24(16-35)43-33(26)44-29-25(20-39-17-21-10-4-1-5-11-21)42-32(38)31(41-19-23-14-8-3-9-15-23)30(29)40-18-22-12-6-2-7-13-22/h1-15,24-33,35-38H,16-20,34H2/t24-,25-,26-,27-,28-,29-,30+,31-,32-,33+/m1/s1. The molecule has 2 aliphatic rings. The first-order valence-corrected chi connectivity index (χ1v) is 14.7. The van der Waals surface area contributed by atoms with E-state index in [1.807, 2.05) is 91.0 Å². The minimum absolute atomic E-state index is 0.00376. The highest BCUT2D eigenvalue weighted by atomic mass is 16.7. The average Bonchev–Trinajstić information content (AvgIpc) is 3.06. The fourth-order valence-corrected chi connectivity index (χ4v) is 5.34. The van der Waals surface area contributed by atoms with Crippen LogP contribution in [0, 0.1) is 0 Å². The number of nitrogens with two attached hydrogens (primary N) is 1. The van der Waals surface area contributed by atoms with Crippen LogP contribution < -0.4 is 5.73 Å². The Morgan fingerprint density at radius 3 is 1.68 bits per heavy atom. The maximum absolute atomic E-state index is 11.2. The highest BCUT2D eigenvalue weighted by molar-refractivity contribution is 5.15. The Balaban J connectivity index is 1.41. The SMILES string of the molecule is N[C@H]1[C@H](O[C@H]2[C@H](OCc3ccccc3)[C@@H](OCc3ccccc3)[C@H](O)O[C@@H]2COCc2ccccc2)O[C@H](CO)[C@@H](O)[C@@H]1O. The van der Waals surface area contributed by atoms with Crippen molar-refractivity contribution >= 4 is 0 Å². The van der Waals surface area contributed by atoms with Gasteiger partial charge >= 0.3 is 0 Å². The summed E-state index contributed by atoms with van der Waals surface area (Å²) in [6.07, 6.45) is -10.4. The normalized spacial score (nSPS) is 32.4. The Morgan fingerprint density at radius 1 is 0.614 bits per heavy atom. The molecule has 0 bridgehead atoms. The second-order valence-electron chi connectivity index (χ2n) is 11.0. The van der Waals surface area contributed by atoms with Crippen LogP contribution in [0.2, 0.25) is 0 Å². The molecule has 11 nitrogen and oxygen atoms in total. The zero-order valence-electron chi connectivity index (χ0n) is 24.3. The van der Waals surface area contributed by atoms with Crippen molar-refractivity contribution in [1.29, 1.82) is 0 Å². The summed E-state index contributed by atoms with van der Waals surface area (Å²) in [6.45, 7) is 0.0494. The molecule has 2 fully saturated rings. The summed E-state index contributed by atoms with van der Waals surface area (Å²) in [5, 5.41) is 41.9. The van der Waals surface area contributed by atoms with Crippen LogP contribution >= 0.6 is 0 Å². The van der Waals surface area contributed by atoms with E-state index in [1.165, 1.54) is 0 Å². The van der Waals surface area contributed by atoms with Gasteiger partial charge in [0.05, 0.1) is 39.1 Å². The molecule has 0 aliphatic carbocycles. The molecule has 0 radical (unpaired) electrons. The number of ether oxygens (including phenoxy) is 6. The molecule has 3 aromatic rings. The lowest BCUT2D eigenvalue weighted by atomic mass is 9.95. The van der Waals surface area contributed by atoms with E-state index in [4.69, 9.17) is 34.2 Å². The van der Waals surface area contributed by atoms with Gasteiger partial charge in [-0.2, -0.15) is 0 Å². The van der Waals surface area contributed by atoms with Crippen molar-refractivity contribution in [2.45, 2.75) is 81.2 Å². The molecule has 2 heterocycles. The van der Waals surface area contributed by atoms with Crippen molar-refractivity contribution in [2.75, 3.05) is 13.2 Å². The first-order valence-electron chi connectivity index (χ1n) is 14.7. The Labute approximate surface area is 256 Å². The van der Waals surface area contributed by atoms with Gasteiger partial charge < -0.3 is 54.6 Å². The van der Waals surface area contributed by atoms with Gasteiger partial charge in [-0.15, -0.1) is 0 Å². The molecule has 238 valence electrons. The third kappa shape index (κ3) is 8.27. The van der Waals surface area contributed by atoms with E-state index in [1.54, 1.807) is 0 Å². The molecule has 0 saturated carbocycles. The summed E-state index contributed by atoms with van der Waals surface area (Å²) >= 11 is 0. The molecular formula is C33H41NO10. The summed E-state index contributed by atoms with van der Waals surface area (Å²) in [7, 11) is 0. The largest absolute Gasteiger partial charge is 0.394 e. The highest BCUT2D eigenvalue weighted by Crippen LogP contribution is 2.32. The van der Waals surface area contributed by atoms with Crippen LogP contribution in [0.15, 0.2) is 91.0 Å². The summed E-state index contributed by atoms with van der Waals surface area (Å²) in [6, 6.07) is 27.4. The van der Waals surface area contributed by atoms with Gasteiger partial charge in [-0.1, -0.05) is 91.0 Å². The predicted molar refractivity (Wildman–Crippen MR) is 158 cm³/mol. The van der Waals surface area contributed by atoms with E-state index in [0.717, 1.165) is 16.7 Å². The number of aliphatic hydroxyl groups excluding tert-OH is 4. The van der Waals surface area contributed by atoms with E-state index in [2.05, 4.69) is 0 Å². The molecule has 0 amide bonds. The number of hydrogen-bond acceptors (Lipinski definition) is 11. The molecule has 2 aliphatic heterocycles. The van der Waals surface area contributed by atoms with Gasteiger partial charge in [0.1, 0.15) is 42.7 Å². The van der Waals surface area contributed by atoms with Crippen LogP contribution in [0.25, 0.3) is 0 Å². The van der Waals surface area contributed by atoms with Gasteiger partial charge in [0.2, 0.25) is 0 Å². The molecule has 11 heteroatoms. The van der Waals surface area contributed by atoms with Crippen LogP contribution in [0.3, 0.4) is 0 Å². The second kappa shape index (κ2) is 16.0. The van der Waals surface area contributed by atoms with Crippen molar-refractivity contribution in [3.05, 3.63) is 108 Å². The number of rotatable bonds is 13. The number of hydrogen-bond donors (Lipinski definition) is 5. The van der Waals surface area contributed by atoms with Crippen LogP contribution in [-0.2, 0) is 48.2 Å². The highest BCUT2D eigenvalue weighted by Gasteiger charge is 2.51. The Bertz CT molecular complexity index is 1240. The third-order valence-electron chi connectivity index (χ3n) is 7.79. The molecule has 0 unspecified atom stereocenters. The zero-order chi connectivity index (χ0) is 30.9. The summed E-state index contributed by atoms with van der Waals surface area (Å²) in [4.78, 5) is 0. The van der Waals surface area contributed by atoms with E-state index in [0.29, 0.717) is 0 Å².